The summed E-state index contributed by atoms with van der Waals surface area (Å²) in [5.41, 5.74) is 6.78. The molecule has 2 heterocycles. The van der Waals surface area contributed by atoms with Gasteiger partial charge in [0.05, 0.1) is 18.3 Å². The lowest BCUT2D eigenvalue weighted by Crippen LogP contribution is -2.10. The van der Waals surface area contributed by atoms with Gasteiger partial charge in [0, 0.05) is 22.0 Å². The fourth-order valence-electron chi connectivity index (χ4n) is 1.92. The Bertz CT molecular complexity index is 608. The monoisotopic (exact) mass is 217 g/mol. The quantitative estimate of drug-likeness (QED) is 0.715. The van der Waals surface area contributed by atoms with E-state index in [1.807, 2.05) is 10.9 Å². The van der Waals surface area contributed by atoms with Gasteiger partial charge in [-0.1, -0.05) is 0 Å². The molecule has 1 aromatic carbocycles. The van der Waals surface area contributed by atoms with E-state index < -0.39 is 0 Å². The summed E-state index contributed by atoms with van der Waals surface area (Å²) in [6, 6.07) is 6.42. The zero-order valence-corrected chi connectivity index (χ0v) is 9.00. The normalized spacial score (nSPS) is 11.5. The lowest BCUT2D eigenvalue weighted by atomic mass is 10.2. The molecule has 0 amide bonds. The number of nitrogens with two attached hydrogens (primary N) is 1. The standard InChI is InChI=1S/C11H11N3S/c12-4-5-14-11-8(7-13-14)1-2-10-9(11)3-6-15-10/h1-3,6-7H,4-5,12H2. The van der Waals surface area contributed by atoms with Crippen LogP contribution in [-0.4, -0.2) is 16.3 Å². The van der Waals surface area contributed by atoms with E-state index in [1.165, 1.54) is 21.0 Å². The molecule has 4 heteroatoms. The van der Waals surface area contributed by atoms with E-state index in [4.69, 9.17) is 5.73 Å². The Balaban J connectivity index is 2.41. The molecule has 0 aliphatic heterocycles. The van der Waals surface area contributed by atoms with Crippen LogP contribution in [0.5, 0.6) is 0 Å². The van der Waals surface area contributed by atoms with Gasteiger partial charge in [0.25, 0.3) is 0 Å². The molecule has 3 nitrogen and oxygen atoms in total. The summed E-state index contributed by atoms with van der Waals surface area (Å²) in [5.74, 6) is 0. The highest BCUT2D eigenvalue weighted by Crippen LogP contribution is 2.28. The minimum absolute atomic E-state index is 0.622. The minimum Gasteiger partial charge on any atom is -0.329 e. The van der Waals surface area contributed by atoms with Crippen molar-refractivity contribution in [3.63, 3.8) is 0 Å². The number of hydrogen-bond donors (Lipinski definition) is 1. The second-order valence-corrected chi connectivity index (χ2v) is 4.44. The van der Waals surface area contributed by atoms with Gasteiger partial charge in [0.1, 0.15) is 0 Å². The van der Waals surface area contributed by atoms with Gasteiger partial charge in [0.15, 0.2) is 0 Å². The molecule has 0 saturated heterocycles. The van der Waals surface area contributed by atoms with E-state index >= 15 is 0 Å². The second kappa shape index (κ2) is 3.32. The molecule has 3 aromatic rings. The average Bonchev–Trinajstić information content (AvgIpc) is 2.83. The third-order valence-electron chi connectivity index (χ3n) is 2.57. The Morgan fingerprint density at radius 1 is 1.33 bits per heavy atom. The van der Waals surface area contributed by atoms with Gasteiger partial charge in [-0.25, -0.2) is 0 Å². The van der Waals surface area contributed by atoms with Crippen molar-refractivity contribution in [3.8, 4) is 0 Å². The maximum atomic E-state index is 5.57. The zero-order valence-electron chi connectivity index (χ0n) is 8.18. The van der Waals surface area contributed by atoms with Crippen molar-refractivity contribution in [3.05, 3.63) is 29.8 Å². The first kappa shape index (κ1) is 8.88. The van der Waals surface area contributed by atoms with Gasteiger partial charge in [-0.15, -0.1) is 11.3 Å². The summed E-state index contributed by atoms with van der Waals surface area (Å²) >= 11 is 1.76. The van der Waals surface area contributed by atoms with E-state index in [0.717, 1.165) is 6.54 Å². The first-order valence-corrected chi connectivity index (χ1v) is 5.80. The van der Waals surface area contributed by atoms with Crippen LogP contribution in [0.2, 0.25) is 0 Å². The van der Waals surface area contributed by atoms with Crippen LogP contribution >= 0.6 is 11.3 Å². The van der Waals surface area contributed by atoms with Crippen LogP contribution in [0.25, 0.3) is 21.0 Å². The van der Waals surface area contributed by atoms with Gasteiger partial charge in [-0.2, -0.15) is 5.10 Å². The predicted molar refractivity (Wildman–Crippen MR) is 64.2 cm³/mol. The second-order valence-electron chi connectivity index (χ2n) is 3.49. The molecule has 0 bridgehead atoms. The molecule has 0 aliphatic carbocycles. The molecule has 76 valence electrons. The van der Waals surface area contributed by atoms with Crippen molar-refractivity contribution < 1.29 is 0 Å². The predicted octanol–water partition coefficient (Wildman–Crippen LogP) is 2.21. The SMILES string of the molecule is NCCn1ncc2ccc3sccc3c21. The topological polar surface area (TPSA) is 43.8 Å². The molecule has 0 atom stereocenters. The Hall–Kier alpha value is -1.39. The molecule has 0 fully saturated rings. The molecule has 0 aliphatic rings. The van der Waals surface area contributed by atoms with Gasteiger partial charge in [-0.05, 0) is 23.6 Å². The van der Waals surface area contributed by atoms with Crippen molar-refractivity contribution in [2.75, 3.05) is 6.54 Å². The molecular formula is C11H11N3S. The third-order valence-corrected chi connectivity index (χ3v) is 3.46. The highest BCUT2D eigenvalue weighted by Gasteiger charge is 2.06. The fourth-order valence-corrected chi connectivity index (χ4v) is 2.71. The van der Waals surface area contributed by atoms with E-state index in [-0.39, 0.29) is 0 Å². The van der Waals surface area contributed by atoms with Gasteiger partial charge in [0.2, 0.25) is 0 Å². The zero-order chi connectivity index (χ0) is 10.3. The largest absolute Gasteiger partial charge is 0.329 e. The Morgan fingerprint density at radius 3 is 3.13 bits per heavy atom. The molecule has 15 heavy (non-hydrogen) atoms. The van der Waals surface area contributed by atoms with Gasteiger partial charge in [-0.3, -0.25) is 4.68 Å². The van der Waals surface area contributed by atoms with Crippen LogP contribution in [-0.2, 0) is 6.54 Å². The minimum atomic E-state index is 0.622. The highest BCUT2D eigenvalue weighted by molar-refractivity contribution is 7.17. The number of fused-ring (bicyclic) bond motifs is 3. The lowest BCUT2D eigenvalue weighted by Gasteiger charge is -2.01. The number of rotatable bonds is 2. The number of benzene rings is 1. The maximum Gasteiger partial charge on any atom is 0.0769 e. The summed E-state index contributed by atoms with van der Waals surface area (Å²) in [6.45, 7) is 1.40. The molecule has 0 unspecified atom stereocenters. The van der Waals surface area contributed by atoms with Gasteiger partial charge >= 0.3 is 0 Å². The van der Waals surface area contributed by atoms with E-state index in [9.17, 15) is 0 Å². The number of thiophene rings is 1. The third kappa shape index (κ3) is 1.26. The molecular weight excluding hydrogens is 206 g/mol. The molecule has 0 saturated carbocycles. The van der Waals surface area contributed by atoms with Crippen LogP contribution in [0.1, 0.15) is 0 Å². The Morgan fingerprint density at radius 2 is 2.27 bits per heavy atom. The average molecular weight is 217 g/mol. The van der Waals surface area contributed by atoms with Crippen LogP contribution in [0.4, 0.5) is 0 Å². The molecule has 3 rings (SSSR count). The number of nitrogens with zero attached hydrogens (tertiary/aromatic N) is 2. The molecule has 0 spiro atoms. The van der Waals surface area contributed by atoms with Crippen LogP contribution in [0.15, 0.2) is 29.8 Å². The summed E-state index contributed by atoms with van der Waals surface area (Å²) in [7, 11) is 0. The van der Waals surface area contributed by atoms with Crippen LogP contribution in [0, 0.1) is 0 Å². The molecule has 2 N–H and O–H groups in total. The van der Waals surface area contributed by atoms with Crippen molar-refractivity contribution in [2.24, 2.45) is 5.73 Å². The summed E-state index contributed by atoms with van der Waals surface area (Å²) < 4.78 is 3.30. The maximum absolute atomic E-state index is 5.57. The number of hydrogen-bond acceptors (Lipinski definition) is 3. The van der Waals surface area contributed by atoms with Crippen LogP contribution < -0.4 is 5.73 Å². The first-order chi connectivity index (χ1) is 7.40. The Kier molecular flexibility index (Phi) is 1.97. The van der Waals surface area contributed by atoms with E-state index in [2.05, 4.69) is 28.7 Å². The van der Waals surface area contributed by atoms with E-state index in [1.54, 1.807) is 11.3 Å². The summed E-state index contributed by atoms with van der Waals surface area (Å²) in [6.07, 6.45) is 1.90. The van der Waals surface area contributed by atoms with Gasteiger partial charge < -0.3 is 5.73 Å². The summed E-state index contributed by atoms with van der Waals surface area (Å²) in [4.78, 5) is 0. The van der Waals surface area contributed by atoms with Crippen molar-refractivity contribution in [1.82, 2.24) is 9.78 Å². The number of aromatic nitrogens is 2. The van der Waals surface area contributed by atoms with E-state index in [0.29, 0.717) is 6.54 Å². The fraction of sp³-hybridized carbons (Fsp3) is 0.182. The molecule has 2 aromatic heterocycles. The summed E-state index contributed by atoms with van der Waals surface area (Å²) in [5, 5.41) is 8.94. The first-order valence-electron chi connectivity index (χ1n) is 4.92. The van der Waals surface area contributed by atoms with Crippen molar-refractivity contribution in [1.29, 1.82) is 0 Å². The van der Waals surface area contributed by atoms with Crippen LogP contribution in [0.3, 0.4) is 0 Å². The molecule has 0 radical (unpaired) electrons. The lowest BCUT2D eigenvalue weighted by molar-refractivity contribution is 0.647. The van der Waals surface area contributed by atoms with Crippen molar-refractivity contribution in [2.45, 2.75) is 6.54 Å². The smallest absolute Gasteiger partial charge is 0.0769 e. The Labute approximate surface area is 91.1 Å². The highest BCUT2D eigenvalue weighted by atomic mass is 32.1. The van der Waals surface area contributed by atoms with Crippen molar-refractivity contribution >= 4 is 32.3 Å².